The first-order chi connectivity index (χ1) is 8.38. The number of ether oxygens (including phenoxy) is 1. The number of aromatic nitrogens is 2. The van der Waals surface area contributed by atoms with Crippen molar-refractivity contribution in [2.75, 3.05) is 7.11 Å². The Labute approximate surface area is 99.3 Å². The van der Waals surface area contributed by atoms with Crippen molar-refractivity contribution in [1.29, 1.82) is 0 Å². The highest BCUT2D eigenvalue weighted by Crippen LogP contribution is 2.21. The van der Waals surface area contributed by atoms with Crippen molar-refractivity contribution in [3.05, 3.63) is 55.0 Å². The maximum absolute atomic E-state index is 5.15. The molecule has 0 saturated heterocycles. The molecule has 0 aliphatic carbocycles. The lowest BCUT2D eigenvalue weighted by Crippen LogP contribution is -1.92. The molecule has 0 unspecified atom stereocenters. The predicted molar refractivity (Wildman–Crippen MR) is 67.6 cm³/mol. The maximum atomic E-state index is 5.15. The third kappa shape index (κ3) is 1.65. The minimum absolute atomic E-state index is 0.864. The van der Waals surface area contributed by atoms with Crippen LogP contribution in [0.1, 0.15) is 0 Å². The van der Waals surface area contributed by atoms with Gasteiger partial charge < -0.3 is 9.30 Å². The van der Waals surface area contributed by atoms with Gasteiger partial charge in [0.2, 0.25) is 0 Å². The van der Waals surface area contributed by atoms with Crippen molar-refractivity contribution in [3.8, 4) is 11.4 Å². The molecule has 84 valence electrons. The first kappa shape index (κ1) is 9.90. The smallest absolute Gasteiger partial charge is 0.119 e. The molecule has 3 rings (SSSR count). The molecule has 0 bridgehead atoms. The second-order valence-electron chi connectivity index (χ2n) is 3.82. The summed E-state index contributed by atoms with van der Waals surface area (Å²) in [4.78, 5) is 4.16. The van der Waals surface area contributed by atoms with Crippen molar-refractivity contribution < 1.29 is 4.74 Å². The summed E-state index contributed by atoms with van der Waals surface area (Å²) in [7, 11) is 1.67. The normalized spacial score (nSPS) is 10.6. The number of nitrogens with zero attached hydrogens (tertiary/aromatic N) is 2. The SMILES string of the molecule is COc1ccc(-n2ccc3ccncc32)cc1. The second-order valence-corrected chi connectivity index (χ2v) is 3.82. The van der Waals surface area contributed by atoms with E-state index >= 15 is 0 Å². The first-order valence-corrected chi connectivity index (χ1v) is 5.44. The predicted octanol–water partition coefficient (Wildman–Crippen LogP) is 3.03. The minimum Gasteiger partial charge on any atom is -0.497 e. The summed E-state index contributed by atoms with van der Waals surface area (Å²) in [5, 5.41) is 1.19. The van der Waals surface area contributed by atoms with Crippen LogP contribution in [0.3, 0.4) is 0 Å². The molecule has 3 heteroatoms. The number of hydrogen-bond acceptors (Lipinski definition) is 2. The van der Waals surface area contributed by atoms with E-state index < -0.39 is 0 Å². The van der Waals surface area contributed by atoms with Crippen molar-refractivity contribution >= 4 is 10.9 Å². The van der Waals surface area contributed by atoms with Crippen LogP contribution in [0.2, 0.25) is 0 Å². The number of fused-ring (bicyclic) bond motifs is 1. The van der Waals surface area contributed by atoms with Gasteiger partial charge >= 0.3 is 0 Å². The summed E-state index contributed by atoms with van der Waals surface area (Å²) in [5.74, 6) is 0.864. The lowest BCUT2D eigenvalue weighted by Gasteiger charge is -2.06. The minimum atomic E-state index is 0.864. The Morgan fingerprint density at radius 2 is 1.88 bits per heavy atom. The van der Waals surface area contributed by atoms with E-state index in [1.54, 1.807) is 13.3 Å². The van der Waals surface area contributed by atoms with Crippen molar-refractivity contribution in [1.82, 2.24) is 9.55 Å². The van der Waals surface area contributed by atoms with E-state index in [0.717, 1.165) is 17.0 Å². The molecular weight excluding hydrogens is 212 g/mol. The highest BCUT2D eigenvalue weighted by molar-refractivity contribution is 5.80. The monoisotopic (exact) mass is 224 g/mol. The van der Waals surface area contributed by atoms with Gasteiger partial charge in [-0.05, 0) is 36.4 Å². The Morgan fingerprint density at radius 1 is 1.06 bits per heavy atom. The number of pyridine rings is 1. The van der Waals surface area contributed by atoms with Gasteiger partial charge in [-0.3, -0.25) is 4.98 Å². The van der Waals surface area contributed by atoms with Gasteiger partial charge in [0.15, 0.2) is 0 Å². The summed E-state index contributed by atoms with van der Waals surface area (Å²) < 4.78 is 7.27. The van der Waals surface area contributed by atoms with E-state index in [0.29, 0.717) is 0 Å². The Hall–Kier alpha value is -2.29. The van der Waals surface area contributed by atoms with E-state index in [1.807, 2.05) is 42.7 Å². The molecule has 0 fully saturated rings. The Balaban J connectivity index is 2.13. The molecule has 0 N–H and O–H groups in total. The number of rotatable bonds is 2. The third-order valence-electron chi connectivity index (χ3n) is 2.85. The maximum Gasteiger partial charge on any atom is 0.119 e. The fourth-order valence-electron chi connectivity index (χ4n) is 1.94. The van der Waals surface area contributed by atoms with Crippen molar-refractivity contribution in [2.24, 2.45) is 0 Å². The fraction of sp³-hybridized carbons (Fsp3) is 0.0714. The zero-order valence-corrected chi connectivity index (χ0v) is 9.50. The van der Waals surface area contributed by atoms with Gasteiger partial charge in [-0.15, -0.1) is 0 Å². The second kappa shape index (κ2) is 3.94. The van der Waals surface area contributed by atoms with E-state index in [9.17, 15) is 0 Å². The average Bonchev–Trinajstić information content (AvgIpc) is 2.83. The molecule has 3 aromatic rings. The third-order valence-corrected chi connectivity index (χ3v) is 2.85. The van der Waals surface area contributed by atoms with Crippen LogP contribution >= 0.6 is 0 Å². The molecule has 2 heterocycles. The van der Waals surface area contributed by atoms with Crippen LogP contribution in [0.4, 0.5) is 0 Å². The fourth-order valence-corrected chi connectivity index (χ4v) is 1.94. The molecule has 1 aromatic carbocycles. The molecule has 0 aliphatic heterocycles. The molecule has 0 atom stereocenters. The molecule has 0 spiro atoms. The topological polar surface area (TPSA) is 27.1 Å². The molecule has 0 saturated carbocycles. The van der Waals surface area contributed by atoms with Crippen LogP contribution in [-0.2, 0) is 0 Å². The van der Waals surface area contributed by atoms with Crippen LogP contribution in [0.25, 0.3) is 16.6 Å². The molecule has 0 amide bonds. The van der Waals surface area contributed by atoms with Gasteiger partial charge in [0.05, 0.1) is 18.8 Å². The van der Waals surface area contributed by atoms with E-state index in [4.69, 9.17) is 4.74 Å². The Bertz CT molecular complexity index is 641. The van der Waals surface area contributed by atoms with Gasteiger partial charge in [0.25, 0.3) is 0 Å². The summed E-state index contributed by atoms with van der Waals surface area (Å²) in [5.41, 5.74) is 2.21. The first-order valence-electron chi connectivity index (χ1n) is 5.44. The van der Waals surface area contributed by atoms with Crippen molar-refractivity contribution in [3.63, 3.8) is 0 Å². The standard InChI is InChI=1S/C14H12N2O/c1-17-13-4-2-12(3-5-13)16-9-7-11-6-8-15-10-14(11)16/h2-10H,1H3. The lowest BCUT2D eigenvalue weighted by molar-refractivity contribution is 0.415. The summed E-state index contributed by atoms with van der Waals surface area (Å²) in [6, 6.07) is 12.1. The van der Waals surface area contributed by atoms with Crippen LogP contribution in [0.5, 0.6) is 5.75 Å². The largest absolute Gasteiger partial charge is 0.497 e. The number of hydrogen-bond donors (Lipinski definition) is 0. The van der Waals surface area contributed by atoms with Gasteiger partial charge in [-0.1, -0.05) is 0 Å². The lowest BCUT2D eigenvalue weighted by atomic mass is 10.3. The van der Waals surface area contributed by atoms with Gasteiger partial charge in [0, 0.05) is 23.5 Å². The van der Waals surface area contributed by atoms with E-state index in [2.05, 4.69) is 15.6 Å². The molecule has 0 radical (unpaired) electrons. The van der Waals surface area contributed by atoms with Crippen LogP contribution in [0, 0.1) is 0 Å². The molecule has 3 nitrogen and oxygen atoms in total. The molecule has 0 aliphatic rings. The zero-order valence-electron chi connectivity index (χ0n) is 9.50. The van der Waals surface area contributed by atoms with Gasteiger partial charge in [-0.25, -0.2) is 0 Å². The van der Waals surface area contributed by atoms with Crippen molar-refractivity contribution in [2.45, 2.75) is 0 Å². The van der Waals surface area contributed by atoms with Crippen LogP contribution in [-0.4, -0.2) is 16.7 Å². The highest BCUT2D eigenvalue weighted by atomic mass is 16.5. The number of methoxy groups -OCH3 is 1. The average molecular weight is 224 g/mol. The quantitative estimate of drug-likeness (QED) is 0.669. The van der Waals surface area contributed by atoms with E-state index in [-0.39, 0.29) is 0 Å². The zero-order chi connectivity index (χ0) is 11.7. The Morgan fingerprint density at radius 3 is 2.65 bits per heavy atom. The summed E-state index contributed by atoms with van der Waals surface area (Å²) >= 11 is 0. The molecule has 2 aromatic heterocycles. The summed E-state index contributed by atoms with van der Waals surface area (Å²) in [6.07, 6.45) is 5.73. The molecule has 17 heavy (non-hydrogen) atoms. The van der Waals surface area contributed by atoms with Gasteiger partial charge in [0.1, 0.15) is 5.75 Å². The summed E-state index contributed by atoms with van der Waals surface area (Å²) in [6.45, 7) is 0. The van der Waals surface area contributed by atoms with Crippen LogP contribution < -0.4 is 4.74 Å². The van der Waals surface area contributed by atoms with Gasteiger partial charge in [-0.2, -0.15) is 0 Å². The molecular formula is C14H12N2O. The van der Waals surface area contributed by atoms with Crippen LogP contribution in [0.15, 0.2) is 55.0 Å². The van der Waals surface area contributed by atoms with E-state index in [1.165, 1.54) is 5.39 Å². The highest BCUT2D eigenvalue weighted by Gasteiger charge is 2.02. The Kier molecular flexibility index (Phi) is 2.29. The number of benzene rings is 1.